The van der Waals surface area contributed by atoms with Crippen molar-refractivity contribution in [2.75, 3.05) is 37.8 Å². The fraction of sp³-hybridized carbons (Fsp3) is 0.333. The van der Waals surface area contributed by atoms with E-state index in [2.05, 4.69) is 27.7 Å². The predicted octanol–water partition coefficient (Wildman–Crippen LogP) is 6.01. The minimum absolute atomic E-state index is 0.158. The molecule has 2 aliphatic heterocycles. The summed E-state index contributed by atoms with van der Waals surface area (Å²) in [6.45, 7) is 3.71. The molecule has 45 heavy (non-hydrogen) atoms. The van der Waals surface area contributed by atoms with Crippen LogP contribution < -0.4 is 10.6 Å². The summed E-state index contributed by atoms with van der Waals surface area (Å²) in [4.78, 5) is 31.4. The van der Waals surface area contributed by atoms with Crippen LogP contribution in [0.4, 0.5) is 10.5 Å². The first-order chi connectivity index (χ1) is 21.7. The van der Waals surface area contributed by atoms with E-state index in [-0.39, 0.29) is 28.3 Å². The lowest BCUT2D eigenvalue weighted by Gasteiger charge is -2.38. The van der Waals surface area contributed by atoms with Crippen LogP contribution in [0.25, 0.3) is 10.8 Å². The summed E-state index contributed by atoms with van der Waals surface area (Å²) >= 11 is 0. The monoisotopic (exact) mass is 624 g/mol. The summed E-state index contributed by atoms with van der Waals surface area (Å²) in [5, 5.41) is 8.34. The zero-order chi connectivity index (χ0) is 31.4. The number of benzene rings is 4. The Labute approximate surface area is 265 Å². The van der Waals surface area contributed by atoms with Crippen molar-refractivity contribution >= 4 is 38.2 Å². The van der Waals surface area contributed by atoms with E-state index in [1.807, 2.05) is 65.6 Å². The van der Waals surface area contributed by atoms with Crippen molar-refractivity contribution in [3.05, 3.63) is 108 Å². The third kappa shape index (κ3) is 7.05. The second-order valence-corrected chi connectivity index (χ2v) is 14.4. The Balaban J connectivity index is 1.04. The molecule has 3 amide bonds. The molecule has 2 aliphatic rings. The van der Waals surface area contributed by atoms with Crippen LogP contribution in [0, 0.1) is 5.41 Å². The van der Waals surface area contributed by atoms with Gasteiger partial charge in [-0.15, -0.1) is 0 Å². The zero-order valence-corrected chi connectivity index (χ0v) is 26.4. The highest BCUT2D eigenvalue weighted by Crippen LogP contribution is 2.42. The number of urea groups is 1. The molecule has 0 saturated carbocycles. The normalized spacial score (nSPS) is 17.4. The Hall–Kier alpha value is -4.21. The number of likely N-dealkylation sites (tertiary alicyclic amines) is 2. The molecule has 0 radical (unpaired) electrons. The van der Waals surface area contributed by atoms with Crippen LogP contribution in [0.15, 0.2) is 102 Å². The molecule has 1 atom stereocenters. The van der Waals surface area contributed by atoms with Crippen LogP contribution in [0.5, 0.6) is 0 Å². The number of piperidine rings is 1. The van der Waals surface area contributed by atoms with E-state index in [4.69, 9.17) is 0 Å². The molecule has 8 nitrogen and oxygen atoms in total. The highest BCUT2D eigenvalue weighted by Gasteiger charge is 2.47. The van der Waals surface area contributed by atoms with Gasteiger partial charge in [-0.25, -0.2) is 13.2 Å². The molecule has 6 rings (SSSR count). The minimum atomic E-state index is -3.25. The highest BCUT2D eigenvalue weighted by atomic mass is 32.2. The molecular weight excluding hydrogens is 584 g/mol. The van der Waals surface area contributed by atoms with Gasteiger partial charge in [0, 0.05) is 31.3 Å². The number of hydrogen-bond donors (Lipinski definition) is 2. The molecule has 1 spiro atoms. The third-order valence-electron chi connectivity index (χ3n) is 9.42. The lowest BCUT2D eigenvalue weighted by Crippen LogP contribution is -2.45. The van der Waals surface area contributed by atoms with Crippen LogP contribution in [0.2, 0.25) is 0 Å². The SMILES string of the molecule is CS(=O)(=O)c1ccc(CN2CCC3(CCN(CCC(NC(=O)Nc4cccc5ccccc45)c4ccccc4)CC3)C2=O)cc1. The molecular formula is C36H40N4O4S. The Kier molecular flexibility index (Phi) is 8.92. The van der Waals surface area contributed by atoms with E-state index in [9.17, 15) is 18.0 Å². The van der Waals surface area contributed by atoms with Crippen molar-refractivity contribution in [3.63, 3.8) is 0 Å². The number of rotatable bonds is 9. The molecule has 2 saturated heterocycles. The Morgan fingerprint density at radius 1 is 0.844 bits per heavy atom. The number of anilines is 1. The molecule has 2 fully saturated rings. The zero-order valence-electron chi connectivity index (χ0n) is 25.6. The van der Waals surface area contributed by atoms with E-state index >= 15 is 0 Å². The van der Waals surface area contributed by atoms with E-state index in [1.54, 1.807) is 24.3 Å². The standard InChI is InChI=1S/C36H40N4O4S/c1-45(43,44)30-16-14-27(15-17-30)26-40-25-21-36(34(40)41)19-23-39(24-20-36)22-18-32(29-9-3-2-4-10-29)37-35(42)38-33-13-7-11-28-8-5-6-12-31(28)33/h2-17,32H,18-26H2,1H3,(H2,37,38,42). The van der Waals surface area contributed by atoms with Gasteiger partial charge >= 0.3 is 6.03 Å². The van der Waals surface area contributed by atoms with Gasteiger partial charge in [-0.05, 0) is 73.5 Å². The van der Waals surface area contributed by atoms with Crippen LogP contribution in [-0.2, 0) is 21.2 Å². The van der Waals surface area contributed by atoms with Crippen molar-refractivity contribution in [1.29, 1.82) is 0 Å². The first kappa shape index (κ1) is 30.8. The molecule has 4 aromatic carbocycles. The topological polar surface area (TPSA) is 98.8 Å². The summed E-state index contributed by atoms with van der Waals surface area (Å²) in [6.07, 6.45) is 4.44. The first-order valence-corrected chi connectivity index (χ1v) is 17.5. The summed E-state index contributed by atoms with van der Waals surface area (Å²) < 4.78 is 23.6. The predicted molar refractivity (Wildman–Crippen MR) is 178 cm³/mol. The summed E-state index contributed by atoms with van der Waals surface area (Å²) in [5.74, 6) is 0.211. The minimum Gasteiger partial charge on any atom is -0.338 e. The number of carbonyl (C=O) groups is 2. The van der Waals surface area contributed by atoms with Crippen molar-refractivity contribution in [2.24, 2.45) is 5.41 Å². The maximum atomic E-state index is 13.6. The number of sulfone groups is 1. The number of hydrogen-bond acceptors (Lipinski definition) is 5. The molecule has 0 aromatic heterocycles. The van der Waals surface area contributed by atoms with Crippen LogP contribution in [0.3, 0.4) is 0 Å². The summed E-state index contributed by atoms with van der Waals surface area (Å²) in [6, 6.07) is 30.4. The number of fused-ring (bicyclic) bond motifs is 1. The lowest BCUT2D eigenvalue weighted by molar-refractivity contribution is -0.138. The van der Waals surface area contributed by atoms with E-state index < -0.39 is 9.84 Å². The molecule has 0 bridgehead atoms. The first-order valence-electron chi connectivity index (χ1n) is 15.6. The number of nitrogens with one attached hydrogen (secondary N) is 2. The van der Waals surface area contributed by atoms with E-state index in [0.717, 1.165) is 79.4 Å². The van der Waals surface area contributed by atoms with Gasteiger partial charge in [0.1, 0.15) is 0 Å². The van der Waals surface area contributed by atoms with Gasteiger partial charge in [-0.3, -0.25) is 4.79 Å². The number of amides is 3. The largest absolute Gasteiger partial charge is 0.338 e. The smallest absolute Gasteiger partial charge is 0.319 e. The average Bonchev–Trinajstić information content (AvgIpc) is 3.34. The Morgan fingerprint density at radius 2 is 1.51 bits per heavy atom. The van der Waals surface area contributed by atoms with Crippen LogP contribution in [0.1, 0.15) is 42.9 Å². The molecule has 2 N–H and O–H groups in total. The molecule has 234 valence electrons. The van der Waals surface area contributed by atoms with Gasteiger partial charge in [0.15, 0.2) is 9.84 Å². The molecule has 9 heteroatoms. The molecule has 1 unspecified atom stereocenters. The fourth-order valence-electron chi connectivity index (χ4n) is 6.74. The fourth-order valence-corrected chi connectivity index (χ4v) is 7.38. The molecule has 4 aromatic rings. The highest BCUT2D eigenvalue weighted by molar-refractivity contribution is 7.90. The second kappa shape index (κ2) is 13.0. The third-order valence-corrected chi connectivity index (χ3v) is 10.5. The van der Waals surface area contributed by atoms with Gasteiger partial charge in [-0.2, -0.15) is 0 Å². The Morgan fingerprint density at radius 3 is 2.24 bits per heavy atom. The Bertz CT molecular complexity index is 1760. The van der Waals surface area contributed by atoms with Crippen molar-refractivity contribution < 1.29 is 18.0 Å². The summed E-state index contributed by atoms with van der Waals surface area (Å²) in [5.41, 5.74) is 2.46. The van der Waals surface area contributed by atoms with Gasteiger partial charge in [-0.1, -0.05) is 78.9 Å². The molecule has 2 heterocycles. The maximum absolute atomic E-state index is 13.6. The van der Waals surface area contributed by atoms with Gasteiger partial charge < -0.3 is 20.4 Å². The van der Waals surface area contributed by atoms with Crippen molar-refractivity contribution in [1.82, 2.24) is 15.1 Å². The van der Waals surface area contributed by atoms with E-state index in [1.165, 1.54) is 6.26 Å². The van der Waals surface area contributed by atoms with Crippen molar-refractivity contribution in [2.45, 2.75) is 43.2 Å². The van der Waals surface area contributed by atoms with Gasteiger partial charge in [0.25, 0.3) is 0 Å². The second-order valence-electron chi connectivity index (χ2n) is 12.4. The van der Waals surface area contributed by atoms with Crippen molar-refractivity contribution in [3.8, 4) is 0 Å². The lowest BCUT2D eigenvalue weighted by atomic mass is 9.77. The molecule has 0 aliphatic carbocycles. The average molecular weight is 625 g/mol. The van der Waals surface area contributed by atoms with Gasteiger partial charge in [0.05, 0.1) is 22.0 Å². The van der Waals surface area contributed by atoms with E-state index in [0.29, 0.717) is 6.54 Å². The maximum Gasteiger partial charge on any atom is 0.319 e. The van der Waals surface area contributed by atoms with Crippen LogP contribution in [-0.4, -0.2) is 62.6 Å². The number of carbonyl (C=O) groups excluding carboxylic acids is 2. The van der Waals surface area contributed by atoms with Gasteiger partial charge in [0.2, 0.25) is 5.91 Å². The number of nitrogens with zero attached hydrogens (tertiary/aromatic N) is 2. The van der Waals surface area contributed by atoms with Crippen LogP contribution >= 0.6 is 0 Å². The quantitative estimate of drug-likeness (QED) is 0.238. The summed E-state index contributed by atoms with van der Waals surface area (Å²) in [7, 11) is -3.25.